The van der Waals surface area contributed by atoms with Gasteiger partial charge >= 0.3 is 0 Å². The van der Waals surface area contributed by atoms with Crippen LogP contribution < -0.4 is 5.32 Å². The summed E-state index contributed by atoms with van der Waals surface area (Å²) in [5.74, 6) is 1.69. The first-order valence-electron chi connectivity index (χ1n) is 6.20. The molecule has 2 atom stereocenters. The van der Waals surface area contributed by atoms with Gasteiger partial charge in [0.1, 0.15) is 0 Å². The van der Waals surface area contributed by atoms with E-state index in [0.29, 0.717) is 17.4 Å². The summed E-state index contributed by atoms with van der Waals surface area (Å²) in [5, 5.41) is 13.7. The topological polar surface area (TPSA) is 32.3 Å². The monoisotopic (exact) mass is 305 g/mol. The molecule has 0 aliphatic carbocycles. The third-order valence-electron chi connectivity index (χ3n) is 2.92. The molecule has 2 nitrogen and oxygen atoms in total. The molecule has 0 aromatic heterocycles. The third-order valence-corrected chi connectivity index (χ3v) is 5.77. The molecule has 0 spiro atoms. The van der Waals surface area contributed by atoms with Gasteiger partial charge in [0.05, 0.1) is 6.10 Å². The van der Waals surface area contributed by atoms with Crippen molar-refractivity contribution in [3.8, 4) is 0 Å². The van der Waals surface area contributed by atoms with Crippen LogP contribution >= 0.6 is 23.5 Å². The van der Waals surface area contributed by atoms with Crippen LogP contribution in [0.3, 0.4) is 0 Å². The Balaban J connectivity index is 1.76. The molecule has 2 N–H and O–H groups in total. The zero-order valence-electron chi connectivity index (χ0n) is 10.4. The average Bonchev–Trinajstić information content (AvgIpc) is 2.43. The molecule has 1 aromatic rings. The fourth-order valence-electron chi connectivity index (χ4n) is 1.87. The lowest BCUT2D eigenvalue weighted by atomic mass is 10.1. The number of rotatable bonds is 5. The number of aliphatic hydroxyl groups excluding tert-OH is 1. The Labute approximate surface area is 120 Å². The molecule has 1 saturated heterocycles. The molecule has 19 heavy (non-hydrogen) atoms. The molecule has 1 aliphatic heterocycles. The van der Waals surface area contributed by atoms with Crippen LogP contribution in [0.15, 0.2) is 18.2 Å². The molecular weight excluding hydrogens is 288 g/mol. The fraction of sp³-hybridized carbons (Fsp3) is 0.538. The largest absolute Gasteiger partial charge is 0.387 e. The summed E-state index contributed by atoms with van der Waals surface area (Å²) in [6.07, 6.45) is -0.809. The van der Waals surface area contributed by atoms with E-state index in [9.17, 15) is 13.9 Å². The lowest BCUT2D eigenvalue weighted by Gasteiger charge is -2.22. The first-order valence-corrected chi connectivity index (χ1v) is 8.40. The van der Waals surface area contributed by atoms with Gasteiger partial charge in [-0.05, 0) is 17.7 Å². The van der Waals surface area contributed by atoms with E-state index in [4.69, 9.17) is 0 Å². The summed E-state index contributed by atoms with van der Waals surface area (Å²) in [4.78, 5) is 0. The number of thioether (sulfide) groups is 2. The van der Waals surface area contributed by atoms with Gasteiger partial charge in [0, 0.05) is 35.6 Å². The first-order chi connectivity index (χ1) is 9.16. The highest BCUT2D eigenvalue weighted by atomic mass is 32.2. The van der Waals surface area contributed by atoms with Crippen LogP contribution in [-0.2, 0) is 0 Å². The Bertz CT molecular complexity index is 414. The SMILES string of the molecule is OC(CNCC1CSCCS1)c1ccc(F)c(F)c1. The molecule has 0 bridgehead atoms. The minimum absolute atomic E-state index is 0.354. The number of benzene rings is 1. The number of halogens is 2. The summed E-state index contributed by atoms with van der Waals surface area (Å²) < 4.78 is 25.8. The molecule has 1 aromatic carbocycles. The highest BCUT2D eigenvalue weighted by Crippen LogP contribution is 2.23. The van der Waals surface area contributed by atoms with Crippen LogP contribution in [-0.4, -0.2) is 40.7 Å². The summed E-state index contributed by atoms with van der Waals surface area (Å²) in [6.45, 7) is 1.19. The number of nitrogens with one attached hydrogen (secondary N) is 1. The first kappa shape index (κ1) is 15.1. The lowest BCUT2D eigenvalue weighted by molar-refractivity contribution is 0.174. The van der Waals surface area contributed by atoms with Crippen molar-refractivity contribution in [1.29, 1.82) is 0 Å². The molecule has 1 fully saturated rings. The van der Waals surface area contributed by atoms with Crippen molar-refractivity contribution in [1.82, 2.24) is 5.32 Å². The van der Waals surface area contributed by atoms with Gasteiger partial charge in [-0.3, -0.25) is 0 Å². The van der Waals surface area contributed by atoms with Gasteiger partial charge in [0.15, 0.2) is 11.6 Å². The van der Waals surface area contributed by atoms with E-state index in [2.05, 4.69) is 5.32 Å². The van der Waals surface area contributed by atoms with Gasteiger partial charge in [0.25, 0.3) is 0 Å². The molecule has 0 saturated carbocycles. The van der Waals surface area contributed by atoms with Crippen LogP contribution in [0.5, 0.6) is 0 Å². The van der Waals surface area contributed by atoms with Gasteiger partial charge in [-0.1, -0.05) is 6.07 Å². The molecule has 2 rings (SSSR count). The second kappa shape index (κ2) is 7.47. The van der Waals surface area contributed by atoms with Crippen molar-refractivity contribution in [2.45, 2.75) is 11.4 Å². The zero-order valence-corrected chi connectivity index (χ0v) is 12.1. The Morgan fingerprint density at radius 3 is 2.84 bits per heavy atom. The Hall–Kier alpha value is -0.300. The van der Waals surface area contributed by atoms with Crippen molar-refractivity contribution >= 4 is 23.5 Å². The highest BCUT2D eigenvalue weighted by molar-refractivity contribution is 8.06. The van der Waals surface area contributed by atoms with Gasteiger partial charge in [-0.15, -0.1) is 0 Å². The lowest BCUT2D eigenvalue weighted by Crippen LogP contribution is -2.31. The van der Waals surface area contributed by atoms with Gasteiger partial charge in [-0.2, -0.15) is 23.5 Å². The summed E-state index contributed by atoms with van der Waals surface area (Å²) in [6, 6.07) is 3.50. The maximum atomic E-state index is 13.0. The van der Waals surface area contributed by atoms with E-state index in [1.54, 1.807) is 0 Å². The molecule has 0 amide bonds. The van der Waals surface area contributed by atoms with E-state index < -0.39 is 17.7 Å². The van der Waals surface area contributed by atoms with Gasteiger partial charge in [0.2, 0.25) is 0 Å². The predicted octanol–water partition coefficient (Wildman–Crippen LogP) is 2.44. The zero-order chi connectivity index (χ0) is 13.7. The molecule has 1 aliphatic rings. The fourth-order valence-corrected chi connectivity index (χ4v) is 4.52. The number of aliphatic hydroxyl groups is 1. The highest BCUT2D eigenvalue weighted by Gasteiger charge is 2.15. The minimum atomic E-state index is -0.921. The van der Waals surface area contributed by atoms with E-state index in [1.807, 2.05) is 23.5 Å². The van der Waals surface area contributed by atoms with E-state index in [-0.39, 0.29) is 0 Å². The van der Waals surface area contributed by atoms with Crippen LogP contribution in [0, 0.1) is 11.6 Å². The predicted molar refractivity (Wildman–Crippen MR) is 77.8 cm³/mol. The second-order valence-electron chi connectivity index (χ2n) is 4.42. The van der Waals surface area contributed by atoms with Crippen molar-refractivity contribution < 1.29 is 13.9 Å². The minimum Gasteiger partial charge on any atom is -0.387 e. The smallest absolute Gasteiger partial charge is 0.159 e. The maximum Gasteiger partial charge on any atom is 0.159 e. The molecule has 6 heteroatoms. The van der Waals surface area contributed by atoms with E-state index >= 15 is 0 Å². The maximum absolute atomic E-state index is 13.0. The Morgan fingerprint density at radius 2 is 2.16 bits per heavy atom. The molecule has 0 radical (unpaired) electrons. The van der Waals surface area contributed by atoms with Crippen LogP contribution in [0.4, 0.5) is 8.78 Å². The standard InChI is InChI=1S/C13H17F2NOS2/c14-11-2-1-9(5-12(11)15)13(17)7-16-6-10-8-18-3-4-19-10/h1-2,5,10,13,16-17H,3-4,6-8H2. The quantitative estimate of drug-likeness (QED) is 0.875. The molecule has 1 heterocycles. The van der Waals surface area contributed by atoms with Crippen LogP contribution in [0.1, 0.15) is 11.7 Å². The summed E-state index contributed by atoms with van der Waals surface area (Å²) in [7, 11) is 0. The van der Waals surface area contributed by atoms with Gasteiger partial charge < -0.3 is 10.4 Å². The van der Waals surface area contributed by atoms with E-state index in [0.717, 1.165) is 24.4 Å². The Morgan fingerprint density at radius 1 is 1.32 bits per heavy atom. The number of hydrogen-bond acceptors (Lipinski definition) is 4. The summed E-state index contributed by atoms with van der Waals surface area (Å²) >= 11 is 3.89. The van der Waals surface area contributed by atoms with E-state index in [1.165, 1.54) is 17.6 Å². The van der Waals surface area contributed by atoms with Crippen LogP contribution in [0.25, 0.3) is 0 Å². The molecular formula is C13H17F2NOS2. The number of hydrogen-bond donors (Lipinski definition) is 2. The summed E-state index contributed by atoms with van der Waals surface area (Å²) in [5.41, 5.74) is 0.400. The van der Waals surface area contributed by atoms with Gasteiger partial charge in [-0.25, -0.2) is 8.78 Å². The van der Waals surface area contributed by atoms with Crippen molar-refractivity contribution in [3.05, 3.63) is 35.4 Å². The van der Waals surface area contributed by atoms with Crippen molar-refractivity contribution in [2.75, 3.05) is 30.3 Å². The van der Waals surface area contributed by atoms with Crippen LogP contribution in [0.2, 0.25) is 0 Å². The van der Waals surface area contributed by atoms with Crippen molar-refractivity contribution in [3.63, 3.8) is 0 Å². The Kier molecular flexibility index (Phi) is 5.94. The molecule has 106 valence electrons. The third kappa shape index (κ3) is 4.63. The average molecular weight is 305 g/mol. The van der Waals surface area contributed by atoms with Crippen molar-refractivity contribution in [2.24, 2.45) is 0 Å². The molecule has 2 unspecified atom stereocenters. The second-order valence-corrected chi connectivity index (χ2v) is 6.97. The normalized spacial score (nSPS) is 21.3.